The Morgan fingerprint density at radius 1 is 1.12 bits per heavy atom. The molecule has 0 aliphatic carbocycles. The first-order chi connectivity index (χ1) is 12.3. The second kappa shape index (κ2) is 11.9. The van der Waals surface area contributed by atoms with Gasteiger partial charge in [-0.15, -0.1) is 24.0 Å². The van der Waals surface area contributed by atoms with Gasteiger partial charge in [0.2, 0.25) is 0 Å². The third kappa shape index (κ3) is 6.39. The molecule has 3 fully saturated rings. The van der Waals surface area contributed by atoms with Gasteiger partial charge < -0.3 is 20.3 Å². The van der Waals surface area contributed by atoms with Crippen molar-refractivity contribution in [2.24, 2.45) is 4.99 Å². The number of rotatable bonds is 6. The molecule has 6 nitrogen and oxygen atoms in total. The van der Waals surface area contributed by atoms with Gasteiger partial charge in [-0.25, -0.2) is 0 Å². The van der Waals surface area contributed by atoms with Crippen LogP contribution in [0.2, 0.25) is 0 Å². The summed E-state index contributed by atoms with van der Waals surface area (Å²) in [5, 5.41) is 7.12. The number of likely N-dealkylation sites (tertiary alicyclic amines) is 1. The lowest BCUT2D eigenvalue weighted by atomic mass is 9.95. The van der Waals surface area contributed by atoms with Gasteiger partial charge in [-0.05, 0) is 38.1 Å². The average Bonchev–Trinajstić information content (AvgIpc) is 3.16. The van der Waals surface area contributed by atoms with E-state index < -0.39 is 0 Å². The maximum Gasteiger partial charge on any atom is 0.191 e. The molecule has 152 valence electrons. The van der Waals surface area contributed by atoms with Crippen molar-refractivity contribution >= 4 is 41.7 Å². The van der Waals surface area contributed by atoms with Crippen molar-refractivity contribution in [1.82, 2.24) is 20.4 Å². The number of hydrogen-bond donors (Lipinski definition) is 2. The Balaban J connectivity index is 0.00000243. The lowest BCUT2D eigenvalue weighted by molar-refractivity contribution is -0.0120. The molecule has 26 heavy (non-hydrogen) atoms. The summed E-state index contributed by atoms with van der Waals surface area (Å²) in [6, 6.07) is 0. The molecule has 2 N–H and O–H groups in total. The quantitative estimate of drug-likeness (QED) is 0.330. The summed E-state index contributed by atoms with van der Waals surface area (Å²) < 4.78 is 5.55. The SMILES string of the molecule is CN=C(NCCN1CCCCC1)NCC1(N2CCOCC2)CCSC1.I. The summed E-state index contributed by atoms with van der Waals surface area (Å²) in [5.41, 5.74) is 0.263. The zero-order chi connectivity index (χ0) is 17.4. The number of hydrogen-bond acceptors (Lipinski definition) is 5. The van der Waals surface area contributed by atoms with Gasteiger partial charge in [0.05, 0.1) is 13.2 Å². The van der Waals surface area contributed by atoms with Gasteiger partial charge in [0.1, 0.15) is 0 Å². The van der Waals surface area contributed by atoms with Crippen LogP contribution in [0.1, 0.15) is 25.7 Å². The predicted molar refractivity (Wildman–Crippen MR) is 122 cm³/mol. The van der Waals surface area contributed by atoms with Crippen molar-refractivity contribution in [2.45, 2.75) is 31.2 Å². The maximum absolute atomic E-state index is 5.55. The van der Waals surface area contributed by atoms with Gasteiger partial charge in [-0.2, -0.15) is 11.8 Å². The lowest BCUT2D eigenvalue weighted by Crippen LogP contribution is -2.60. The first-order valence-corrected chi connectivity index (χ1v) is 11.1. The third-order valence-corrected chi connectivity index (χ3v) is 6.98. The van der Waals surface area contributed by atoms with Crippen LogP contribution in [0.15, 0.2) is 4.99 Å². The Labute approximate surface area is 180 Å². The molecule has 0 bridgehead atoms. The Bertz CT molecular complexity index is 422. The monoisotopic (exact) mass is 497 g/mol. The fourth-order valence-corrected chi connectivity index (χ4v) is 5.60. The van der Waals surface area contributed by atoms with Crippen LogP contribution in [-0.4, -0.2) is 98.9 Å². The molecule has 3 aliphatic rings. The number of guanidine groups is 1. The van der Waals surface area contributed by atoms with E-state index in [9.17, 15) is 0 Å². The van der Waals surface area contributed by atoms with Gasteiger partial charge in [0.15, 0.2) is 5.96 Å². The van der Waals surface area contributed by atoms with Crippen molar-refractivity contribution < 1.29 is 4.74 Å². The highest BCUT2D eigenvalue weighted by Crippen LogP contribution is 2.33. The van der Waals surface area contributed by atoms with E-state index in [1.165, 1.54) is 50.3 Å². The summed E-state index contributed by atoms with van der Waals surface area (Å²) in [6.07, 6.45) is 5.36. The van der Waals surface area contributed by atoms with E-state index in [0.717, 1.165) is 51.9 Å². The Hall–Kier alpha value is 0.230. The zero-order valence-corrected chi connectivity index (χ0v) is 19.3. The molecule has 0 saturated carbocycles. The first-order valence-electron chi connectivity index (χ1n) is 9.90. The van der Waals surface area contributed by atoms with E-state index in [1.54, 1.807) is 0 Å². The number of morpholine rings is 1. The van der Waals surface area contributed by atoms with Crippen LogP contribution in [0.5, 0.6) is 0 Å². The minimum Gasteiger partial charge on any atom is -0.379 e. The van der Waals surface area contributed by atoms with Gasteiger partial charge in [-0.1, -0.05) is 6.42 Å². The summed E-state index contributed by atoms with van der Waals surface area (Å²) >= 11 is 2.08. The van der Waals surface area contributed by atoms with Crippen LogP contribution in [0.4, 0.5) is 0 Å². The number of ether oxygens (including phenoxy) is 1. The molecule has 0 aromatic heterocycles. The van der Waals surface area contributed by atoms with Crippen LogP contribution in [0.3, 0.4) is 0 Å². The highest BCUT2D eigenvalue weighted by atomic mass is 127. The minimum atomic E-state index is 0. The van der Waals surface area contributed by atoms with Crippen molar-refractivity contribution in [3.05, 3.63) is 0 Å². The second-order valence-corrected chi connectivity index (χ2v) is 8.49. The van der Waals surface area contributed by atoms with E-state index >= 15 is 0 Å². The molecular formula is C18H36IN5OS. The predicted octanol–water partition coefficient (Wildman–Crippen LogP) is 1.46. The summed E-state index contributed by atoms with van der Waals surface area (Å²) in [7, 11) is 1.88. The molecule has 0 radical (unpaired) electrons. The zero-order valence-electron chi connectivity index (χ0n) is 16.2. The summed E-state index contributed by atoms with van der Waals surface area (Å²) in [4.78, 5) is 9.64. The van der Waals surface area contributed by atoms with E-state index in [0.29, 0.717) is 0 Å². The number of thioether (sulfide) groups is 1. The molecule has 1 atom stereocenters. The van der Waals surface area contributed by atoms with Crippen LogP contribution in [0, 0.1) is 0 Å². The number of nitrogens with one attached hydrogen (secondary N) is 2. The van der Waals surface area contributed by atoms with Gasteiger partial charge >= 0.3 is 0 Å². The van der Waals surface area contributed by atoms with Gasteiger partial charge in [0.25, 0.3) is 0 Å². The molecular weight excluding hydrogens is 461 g/mol. The third-order valence-electron chi connectivity index (χ3n) is 5.74. The molecule has 0 spiro atoms. The second-order valence-electron chi connectivity index (χ2n) is 7.38. The smallest absolute Gasteiger partial charge is 0.191 e. The van der Waals surface area contributed by atoms with Gasteiger partial charge in [0, 0.05) is 51.1 Å². The molecule has 3 heterocycles. The molecule has 0 aromatic carbocycles. The summed E-state index contributed by atoms with van der Waals surface area (Å²) in [5.74, 6) is 3.42. The number of piperidine rings is 1. The largest absolute Gasteiger partial charge is 0.379 e. The maximum atomic E-state index is 5.55. The normalized spacial score (nSPS) is 28.6. The molecule has 3 saturated heterocycles. The Morgan fingerprint density at radius 2 is 1.88 bits per heavy atom. The van der Waals surface area contributed by atoms with Crippen molar-refractivity contribution in [1.29, 1.82) is 0 Å². The van der Waals surface area contributed by atoms with Crippen molar-refractivity contribution in [2.75, 3.05) is 77.6 Å². The molecule has 0 amide bonds. The van der Waals surface area contributed by atoms with Crippen LogP contribution in [-0.2, 0) is 4.74 Å². The van der Waals surface area contributed by atoms with Crippen molar-refractivity contribution in [3.63, 3.8) is 0 Å². The van der Waals surface area contributed by atoms with E-state index in [1.807, 2.05) is 7.05 Å². The minimum absolute atomic E-state index is 0. The fourth-order valence-electron chi connectivity index (χ4n) is 4.12. The Morgan fingerprint density at radius 3 is 2.54 bits per heavy atom. The molecule has 8 heteroatoms. The molecule has 0 aromatic rings. The molecule has 3 rings (SSSR count). The standard InChI is InChI=1S/C18H35N5OS.HI/c1-19-17(20-6-9-22-7-3-2-4-8-22)21-15-18(5-14-25-16-18)23-10-12-24-13-11-23;/h2-16H2,1H3,(H2,19,20,21);1H. The van der Waals surface area contributed by atoms with E-state index in [4.69, 9.17) is 4.74 Å². The van der Waals surface area contributed by atoms with Crippen molar-refractivity contribution in [3.8, 4) is 0 Å². The van der Waals surface area contributed by atoms with E-state index in [-0.39, 0.29) is 29.5 Å². The molecule has 3 aliphatic heterocycles. The highest BCUT2D eigenvalue weighted by molar-refractivity contribution is 14.0. The lowest BCUT2D eigenvalue weighted by Gasteiger charge is -2.43. The summed E-state index contributed by atoms with van der Waals surface area (Å²) in [6.45, 7) is 9.43. The van der Waals surface area contributed by atoms with Crippen LogP contribution in [0.25, 0.3) is 0 Å². The van der Waals surface area contributed by atoms with Crippen LogP contribution >= 0.6 is 35.7 Å². The van der Waals surface area contributed by atoms with E-state index in [2.05, 4.69) is 37.2 Å². The number of halogens is 1. The average molecular weight is 497 g/mol. The fraction of sp³-hybridized carbons (Fsp3) is 0.944. The van der Waals surface area contributed by atoms with Crippen LogP contribution < -0.4 is 10.6 Å². The first kappa shape index (κ1) is 22.5. The number of aliphatic imine (C=N–C) groups is 1. The topological polar surface area (TPSA) is 52.1 Å². The van der Waals surface area contributed by atoms with Gasteiger partial charge in [-0.3, -0.25) is 9.89 Å². The Kier molecular flexibility index (Phi) is 10.3. The number of nitrogens with zero attached hydrogens (tertiary/aromatic N) is 3. The highest BCUT2D eigenvalue weighted by Gasteiger charge is 2.40. The molecule has 1 unspecified atom stereocenters.